The van der Waals surface area contributed by atoms with Crippen LogP contribution in [0.5, 0.6) is 0 Å². The summed E-state index contributed by atoms with van der Waals surface area (Å²) in [6.07, 6.45) is 1.75. The highest BCUT2D eigenvalue weighted by molar-refractivity contribution is 6.33. The predicted molar refractivity (Wildman–Crippen MR) is 79.7 cm³/mol. The summed E-state index contributed by atoms with van der Waals surface area (Å²) in [5.41, 5.74) is 2.63. The van der Waals surface area contributed by atoms with E-state index >= 15 is 0 Å². The van der Waals surface area contributed by atoms with Crippen LogP contribution in [0.25, 0.3) is 0 Å². The van der Waals surface area contributed by atoms with E-state index in [1.165, 1.54) is 0 Å². The molecule has 0 amide bonds. The van der Waals surface area contributed by atoms with Crippen LogP contribution in [0.3, 0.4) is 0 Å². The molecule has 2 aromatic rings. The lowest BCUT2D eigenvalue weighted by atomic mass is 10.2. The third-order valence-corrected chi connectivity index (χ3v) is 3.03. The number of rotatable bonds is 3. The second-order valence-corrected chi connectivity index (χ2v) is 4.53. The number of benzene rings is 2. The van der Waals surface area contributed by atoms with Gasteiger partial charge in [0.05, 0.1) is 10.7 Å². The highest BCUT2D eigenvalue weighted by Crippen LogP contribution is 2.25. The summed E-state index contributed by atoms with van der Waals surface area (Å²) in [6, 6.07) is 13.0. The summed E-state index contributed by atoms with van der Waals surface area (Å²) in [4.78, 5) is 4.37. The van der Waals surface area contributed by atoms with Crippen LogP contribution >= 0.6 is 23.2 Å². The molecule has 0 atom stereocenters. The number of para-hydroxylation sites is 1. The van der Waals surface area contributed by atoms with Crippen LogP contribution in [-0.4, -0.2) is 13.3 Å². The first kappa shape index (κ1) is 12.9. The van der Waals surface area contributed by atoms with Crippen LogP contribution in [0.2, 0.25) is 10.0 Å². The molecule has 2 rings (SSSR count). The van der Waals surface area contributed by atoms with Crippen molar-refractivity contribution in [3.05, 3.63) is 58.1 Å². The largest absolute Gasteiger partial charge is 0.388 e. The monoisotopic (exact) mass is 278 g/mol. The number of hydrogen-bond acceptors (Lipinski definition) is 2. The van der Waals surface area contributed by atoms with Crippen molar-refractivity contribution >= 4 is 40.8 Å². The molecule has 18 heavy (non-hydrogen) atoms. The number of nitrogens with one attached hydrogen (secondary N) is 1. The standard InChI is InChI=1S/C14H12Cl2N2/c1-17-13-7-6-11(15)8-10(13)9-18-14-5-3-2-4-12(14)16/h2-9,17H,1H3/b18-9+. The Morgan fingerprint density at radius 2 is 1.89 bits per heavy atom. The Morgan fingerprint density at radius 1 is 1.11 bits per heavy atom. The fraction of sp³-hybridized carbons (Fsp3) is 0.0714. The summed E-state index contributed by atoms with van der Waals surface area (Å²) in [5.74, 6) is 0. The van der Waals surface area contributed by atoms with Crippen LogP contribution in [0.4, 0.5) is 11.4 Å². The third-order valence-electron chi connectivity index (χ3n) is 2.48. The SMILES string of the molecule is CNc1ccc(Cl)cc1/C=N/c1ccccc1Cl. The molecule has 2 nitrogen and oxygen atoms in total. The number of anilines is 1. The van der Waals surface area contributed by atoms with Gasteiger partial charge in [-0.2, -0.15) is 0 Å². The molecule has 0 aliphatic heterocycles. The van der Waals surface area contributed by atoms with Crippen molar-refractivity contribution in [2.45, 2.75) is 0 Å². The number of nitrogens with zero attached hydrogens (tertiary/aromatic N) is 1. The molecule has 2 aromatic carbocycles. The second-order valence-electron chi connectivity index (χ2n) is 3.69. The second kappa shape index (κ2) is 5.89. The molecule has 1 N–H and O–H groups in total. The Bertz CT molecular complexity index is 580. The van der Waals surface area contributed by atoms with Gasteiger partial charge in [0.15, 0.2) is 0 Å². The molecule has 4 heteroatoms. The number of halogens is 2. The molecule has 0 aromatic heterocycles. The molecule has 0 unspecified atom stereocenters. The van der Waals surface area contributed by atoms with Gasteiger partial charge in [-0.15, -0.1) is 0 Å². The molecule has 0 bridgehead atoms. The van der Waals surface area contributed by atoms with Crippen molar-refractivity contribution in [2.24, 2.45) is 4.99 Å². The van der Waals surface area contributed by atoms with Crippen molar-refractivity contribution in [2.75, 3.05) is 12.4 Å². The van der Waals surface area contributed by atoms with Crippen molar-refractivity contribution in [3.8, 4) is 0 Å². The molecule has 0 saturated carbocycles. The minimum atomic E-state index is 0.627. The maximum absolute atomic E-state index is 6.04. The Morgan fingerprint density at radius 3 is 2.61 bits per heavy atom. The first-order valence-corrected chi connectivity index (χ1v) is 6.22. The molecular weight excluding hydrogens is 267 g/mol. The lowest BCUT2D eigenvalue weighted by molar-refractivity contribution is 1.48. The Labute approximate surface area is 116 Å². The van der Waals surface area contributed by atoms with Gasteiger partial charge >= 0.3 is 0 Å². The van der Waals surface area contributed by atoms with Gasteiger partial charge in [-0.25, -0.2) is 0 Å². The zero-order valence-electron chi connectivity index (χ0n) is 9.82. The van der Waals surface area contributed by atoms with Gasteiger partial charge in [0, 0.05) is 29.5 Å². The maximum Gasteiger partial charge on any atom is 0.0816 e. The summed E-state index contributed by atoms with van der Waals surface area (Å²) >= 11 is 12.0. The molecule has 0 aliphatic rings. The lowest BCUT2D eigenvalue weighted by Gasteiger charge is -2.05. The fourth-order valence-electron chi connectivity index (χ4n) is 1.56. The van der Waals surface area contributed by atoms with E-state index in [0.717, 1.165) is 16.9 Å². The minimum absolute atomic E-state index is 0.627. The van der Waals surface area contributed by atoms with Crippen LogP contribution in [-0.2, 0) is 0 Å². The third kappa shape index (κ3) is 3.03. The van der Waals surface area contributed by atoms with E-state index in [0.29, 0.717) is 10.0 Å². The predicted octanol–water partition coefficient (Wildman–Crippen LogP) is 4.79. The molecular formula is C14H12Cl2N2. The van der Waals surface area contributed by atoms with Crippen LogP contribution in [0.15, 0.2) is 47.5 Å². The van der Waals surface area contributed by atoms with E-state index in [1.54, 1.807) is 6.21 Å². The van der Waals surface area contributed by atoms with Gasteiger partial charge in [-0.3, -0.25) is 4.99 Å². The van der Waals surface area contributed by atoms with Crippen LogP contribution < -0.4 is 5.32 Å². The summed E-state index contributed by atoms with van der Waals surface area (Å²) < 4.78 is 0. The number of hydrogen-bond donors (Lipinski definition) is 1. The van der Waals surface area contributed by atoms with E-state index in [2.05, 4.69) is 10.3 Å². The zero-order valence-corrected chi connectivity index (χ0v) is 11.3. The first-order chi connectivity index (χ1) is 8.70. The van der Waals surface area contributed by atoms with Gasteiger partial charge in [0.25, 0.3) is 0 Å². The molecule has 0 radical (unpaired) electrons. The Kier molecular flexibility index (Phi) is 4.24. The molecule has 92 valence electrons. The van der Waals surface area contributed by atoms with E-state index in [4.69, 9.17) is 23.2 Å². The smallest absolute Gasteiger partial charge is 0.0816 e. The summed E-state index contributed by atoms with van der Waals surface area (Å²) in [5, 5.41) is 4.39. The van der Waals surface area contributed by atoms with Crippen LogP contribution in [0.1, 0.15) is 5.56 Å². The number of aliphatic imine (C=N–C) groups is 1. The molecule has 0 fully saturated rings. The quantitative estimate of drug-likeness (QED) is 0.803. The highest BCUT2D eigenvalue weighted by Gasteiger charge is 2.00. The van der Waals surface area contributed by atoms with Crippen LogP contribution in [0, 0.1) is 0 Å². The zero-order chi connectivity index (χ0) is 13.0. The molecule has 0 aliphatic carbocycles. The summed E-state index contributed by atoms with van der Waals surface area (Å²) in [7, 11) is 1.86. The van der Waals surface area contributed by atoms with E-state index < -0.39 is 0 Å². The van der Waals surface area contributed by atoms with Crippen molar-refractivity contribution in [1.29, 1.82) is 0 Å². The minimum Gasteiger partial charge on any atom is -0.388 e. The van der Waals surface area contributed by atoms with Crippen molar-refractivity contribution in [1.82, 2.24) is 0 Å². The van der Waals surface area contributed by atoms with Gasteiger partial charge in [-0.1, -0.05) is 35.3 Å². The average Bonchev–Trinajstić information content (AvgIpc) is 2.38. The first-order valence-electron chi connectivity index (χ1n) is 5.46. The average molecular weight is 279 g/mol. The van der Waals surface area contributed by atoms with E-state index in [-0.39, 0.29) is 0 Å². The lowest BCUT2D eigenvalue weighted by Crippen LogP contribution is -1.94. The van der Waals surface area contributed by atoms with Gasteiger partial charge in [0.1, 0.15) is 0 Å². The van der Waals surface area contributed by atoms with Crippen molar-refractivity contribution < 1.29 is 0 Å². The van der Waals surface area contributed by atoms with Gasteiger partial charge in [0.2, 0.25) is 0 Å². The Hall–Kier alpha value is -1.51. The van der Waals surface area contributed by atoms with Crippen molar-refractivity contribution in [3.63, 3.8) is 0 Å². The Balaban J connectivity index is 2.34. The van der Waals surface area contributed by atoms with Gasteiger partial charge < -0.3 is 5.32 Å². The summed E-state index contributed by atoms with van der Waals surface area (Å²) in [6.45, 7) is 0. The topological polar surface area (TPSA) is 24.4 Å². The van der Waals surface area contributed by atoms with E-state index in [1.807, 2.05) is 49.5 Å². The maximum atomic E-state index is 6.04. The molecule has 0 spiro atoms. The normalized spacial score (nSPS) is 10.8. The highest BCUT2D eigenvalue weighted by atomic mass is 35.5. The van der Waals surface area contributed by atoms with E-state index in [9.17, 15) is 0 Å². The molecule has 0 heterocycles. The van der Waals surface area contributed by atoms with Gasteiger partial charge in [-0.05, 0) is 30.3 Å². The fourth-order valence-corrected chi connectivity index (χ4v) is 1.93. The molecule has 0 saturated heterocycles.